The monoisotopic (exact) mass is 285 g/mol. The van der Waals surface area contributed by atoms with Gasteiger partial charge in [-0.25, -0.2) is 4.98 Å². The maximum absolute atomic E-state index is 12.8. The van der Waals surface area contributed by atoms with Crippen molar-refractivity contribution in [1.29, 1.82) is 0 Å². The normalized spacial score (nSPS) is 14.1. The average Bonchev–Trinajstić information content (AvgIpc) is 2.65. The number of hydrogen-bond acceptors (Lipinski definition) is 3. The van der Waals surface area contributed by atoms with Crippen LogP contribution in [0.3, 0.4) is 0 Å². The molecule has 0 unspecified atom stereocenters. The summed E-state index contributed by atoms with van der Waals surface area (Å²) in [4.78, 5) is 29.1. The van der Waals surface area contributed by atoms with Crippen LogP contribution >= 0.6 is 0 Å². The van der Waals surface area contributed by atoms with Crippen molar-refractivity contribution >= 4 is 17.5 Å². The van der Waals surface area contributed by atoms with Gasteiger partial charge in [0.05, 0.1) is 5.56 Å². The summed E-state index contributed by atoms with van der Waals surface area (Å²) < 4.78 is 12.8. The zero-order valence-corrected chi connectivity index (χ0v) is 11.0. The lowest BCUT2D eigenvalue weighted by Gasteiger charge is -2.19. The van der Waals surface area contributed by atoms with Gasteiger partial charge in [-0.1, -0.05) is 18.2 Å². The van der Waals surface area contributed by atoms with Crippen LogP contribution in [0.2, 0.25) is 0 Å². The second-order valence-corrected chi connectivity index (χ2v) is 4.74. The summed E-state index contributed by atoms with van der Waals surface area (Å²) in [5.41, 5.74) is 1.81. The van der Waals surface area contributed by atoms with Crippen LogP contribution in [0, 0.1) is 5.95 Å². The van der Waals surface area contributed by atoms with Crippen LogP contribution < -0.4 is 5.32 Å². The molecule has 1 aromatic heterocycles. The van der Waals surface area contributed by atoms with Crippen molar-refractivity contribution in [1.82, 2.24) is 9.88 Å². The van der Waals surface area contributed by atoms with Crippen LogP contribution in [0.1, 0.15) is 15.9 Å². The van der Waals surface area contributed by atoms with Crippen LogP contribution in [0.25, 0.3) is 0 Å². The van der Waals surface area contributed by atoms with Crippen molar-refractivity contribution in [3.63, 3.8) is 0 Å². The van der Waals surface area contributed by atoms with Crippen molar-refractivity contribution in [3.05, 3.63) is 59.7 Å². The number of aromatic nitrogens is 1. The summed E-state index contributed by atoms with van der Waals surface area (Å²) in [6.45, 7) is 0.260. The lowest BCUT2D eigenvalue weighted by molar-refractivity contribution is -0.116. The van der Waals surface area contributed by atoms with Gasteiger partial charge in [-0.3, -0.25) is 9.59 Å². The summed E-state index contributed by atoms with van der Waals surface area (Å²) in [5, 5.41) is 2.76. The number of rotatable bonds is 1. The highest BCUT2D eigenvalue weighted by atomic mass is 19.1. The number of pyridine rings is 1. The van der Waals surface area contributed by atoms with Crippen LogP contribution in [0.5, 0.6) is 0 Å². The fourth-order valence-corrected chi connectivity index (χ4v) is 2.23. The van der Waals surface area contributed by atoms with Crippen molar-refractivity contribution < 1.29 is 14.0 Å². The predicted octanol–water partition coefficient (Wildman–Crippen LogP) is 1.82. The van der Waals surface area contributed by atoms with E-state index in [1.54, 1.807) is 6.07 Å². The number of nitrogens with zero attached hydrogens (tertiary/aromatic N) is 2. The highest BCUT2D eigenvalue weighted by Crippen LogP contribution is 2.21. The Balaban J connectivity index is 1.90. The molecule has 0 bridgehead atoms. The smallest absolute Gasteiger partial charge is 0.256 e. The molecular formula is C15H12FN3O2. The minimum Gasteiger partial charge on any atom is -0.325 e. The fraction of sp³-hybridized carbons (Fsp3) is 0.133. The van der Waals surface area contributed by atoms with Crippen LogP contribution in [0.4, 0.5) is 10.1 Å². The molecule has 0 saturated carbocycles. The first-order chi connectivity index (χ1) is 10.1. The molecule has 0 aliphatic carbocycles. The summed E-state index contributed by atoms with van der Waals surface area (Å²) in [6.07, 6.45) is 1.17. The highest BCUT2D eigenvalue weighted by molar-refractivity contribution is 6.00. The number of carbonyl (C=O) groups excluding carboxylic acids is 2. The molecule has 0 fully saturated rings. The zero-order valence-electron chi connectivity index (χ0n) is 11.0. The Hall–Kier alpha value is -2.76. The molecular weight excluding hydrogens is 273 g/mol. The lowest BCUT2D eigenvalue weighted by Crippen LogP contribution is -2.35. The molecule has 2 amide bonds. The van der Waals surface area contributed by atoms with Gasteiger partial charge in [-0.2, -0.15) is 4.39 Å². The summed E-state index contributed by atoms with van der Waals surface area (Å²) in [5.74, 6) is -1.26. The molecule has 0 saturated heterocycles. The quantitative estimate of drug-likeness (QED) is 0.813. The summed E-state index contributed by atoms with van der Waals surface area (Å²) in [6, 6.07) is 9.79. The van der Waals surface area contributed by atoms with E-state index in [4.69, 9.17) is 0 Å². The van der Waals surface area contributed by atoms with Gasteiger partial charge in [-0.05, 0) is 23.8 Å². The third-order valence-electron chi connectivity index (χ3n) is 3.25. The minimum absolute atomic E-state index is 0.0507. The maximum atomic E-state index is 12.8. The molecule has 1 aliphatic rings. The number of benzene rings is 1. The van der Waals surface area contributed by atoms with E-state index >= 15 is 0 Å². The molecule has 0 spiro atoms. The molecule has 6 heteroatoms. The molecule has 0 radical (unpaired) electrons. The number of halogens is 1. The SMILES string of the molecule is O=C1CN(C(=O)c2ccc(F)nc2)Cc2ccccc2N1. The summed E-state index contributed by atoms with van der Waals surface area (Å²) >= 11 is 0. The number of nitrogens with one attached hydrogen (secondary N) is 1. The second kappa shape index (κ2) is 5.32. The number of fused-ring (bicyclic) bond motifs is 1. The Labute approximate surface area is 120 Å². The van der Waals surface area contributed by atoms with E-state index in [2.05, 4.69) is 10.3 Å². The van der Waals surface area contributed by atoms with E-state index in [0.717, 1.165) is 11.6 Å². The lowest BCUT2D eigenvalue weighted by atomic mass is 10.1. The molecule has 5 nitrogen and oxygen atoms in total. The van der Waals surface area contributed by atoms with Gasteiger partial charge in [0.25, 0.3) is 5.91 Å². The van der Waals surface area contributed by atoms with E-state index in [1.807, 2.05) is 18.2 Å². The van der Waals surface area contributed by atoms with Gasteiger partial charge in [0, 0.05) is 18.4 Å². The average molecular weight is 285 g/mol. The second-order valence-electron chi connectivity index (χ2n) is 4.74. The van der Waals surface area contributed by atoms with E-state index in [-0.39, 0.29) is 23.9 Å². The van der Waals surface area contributed by atoms with E-state index in [9.17, 15) is 14.0 Å². The van der Waals surface area contributed by atoms with E-state index in [0.29, 0.717) is 12.2 Å². The Morgan fingerprint density at radius 2 is 2.00 bits per heavy atom. The van der Waals surface area contributed by atoms with Gasteiger partial charge in [0.15, 0.2) is 0 Å². The number of hydrogen-bond donors (Lipinski definition) is 1. The first kappa shape index (κ1) is 13.2. The van der Waals surface area contributed by atoms with Crippen molar-refractivity contribution in [3.8, 4) is 0 Å². The molecule has 21 heavy (non-hydrogen) atoms. The first-order valence-corrected chi connectivity index (χ1v) is 6.42. The van der Waals surface area contributed by atoms with Gasteiger partial charge in [0.2, 0.25) is 11.9 Å². The molecule has 3 rings (SSSR count). The van der Waals surface area contributed by atoms with Crippen LogP contribution in [-0.4, -0.2) is 28.2 Å². The molecule has 106 valence electrons. The fourth-order valence-electron chi connectivity index (χ4n) is 2.23. The van der Waals surface area contributed by atoms with Crippen molar-refractivity contribution in [2.45, 2.75) is 6.54 Å². The van der Waals surface area contributed by atoms with Crippen LogP contribution in [0.15, 0.2) is 42.6 Å². The molecule has 2 aromatic rings. The standard InChI is InChI=1S/C15H12FN3O2/c16-13-6-5-10(7-17-13)15(21)19-8-11-3-1-2-4-12(11)18-14(20)9-19/h1-7H,8-9H2,(H,18,20). The van der Waals surface area contributed by atoms with Gasteiger partial charge in [0.1, 0.15) is 6.54 Å². The van der Waals surface area contributed by atoms with Gasteiger partial charge in [-0.15, -0.1) is 0 Å². The molecule has 0 atom stereocenters. The third-order valence-corrected chi connectivity index (χ3v) is 3.25. The Morgan fingerprint density at radius 1 is 1.19 bits per heavy atom. The molecule has 1 aromatic carbocycles. The zero-order chi connectivity index (χ0) is 14.8. The number of amides is 2. The Bertz CT molecular complexity index is 700. The van der Waals surface area contributed by atoms with Gasteiger partial charge >= 0.3 is 0 Å². The molecule has 1 N–H and O–H groups in total. The summed E-state index contributed by atoms with van der Waals surface area (Å²) in [7, 11) is 0. The largest absolute Gasteiger partial charge is 0.325 e. The molecule has 1 aliphatic heterocycles. The van der Waals surface area contributed by atoms with E-state index in [1.165, 1.54) is 17.2 Å². The maximum Gasteiger partial charge on any atom is 0.256 e. The predicted molar refractivity (Wildman–Crippen MR) is 74.0 cm³/mol. The Morgan fingerprint density at radius 3 is 2.76 bits per heavy atom. The van der Waals surface area contributed by atoms with Crippen LogP contribution in [-0.2, 0) is 11.3 Å². The van der Waals surface area contributed by atoms with Crippen molar-refractivity contribution in [2.75, 3.05) is 11.9 Å². The Kier molecular flexibility index (Phi) is 3.35. The van der Waals surface area contributed by atoms with E-state index < -0.39 is 5.95 Å². The topological polar surface area (TPSA) is 62.3 Å². The highest BCUT2D eigenvalue weighted by Gasteiger charge is 2.24. The van der Waals surface area contributed by atoms with Crippen molar-refractivity contribution in [2.24, 2.45) is 0 Å². The minimum atomic E-state index is -0.648. The number of anilines is 1. The first-order valence-electron chi connectivity index (χ1n) is 6.42. The number of carbonyl (C=O) groups is 2. The molecule has 2 heterocycles. The van der Waals surface area contributed by atoms with Gasteiger partial charge < -0.3 is 10.2 Å². The number of para-hydroxylation sites is 1. The third kappa shape index (κ3) is 2.74.